The second kappa shape index (κ2) is 7.68. The molecule has 0 bridgehead atoms. The second-order valence-corrected chi connectivity index (χ2v) is 9.78. The number of nitrogens with zero attached hydrogens (tertiary/aromatic N) is 3. The lowest BCUT2D eigenvalue weighted by Gasteiger charge is -2.20. The maximum atomic E-state index is 12.2. The number of aromatic nitrogens is 4. The van der Waals surface area contributed by atoms with Gasteiger partial charge in [-0.25, -0.2) is 15.0 Å². The minimum absolute atomic E-state index is 0.0215. The van der Waals surface area contributed by atoms with E-state index >= 15 is 0 Å². The van der Waals surface area contributed by atoms with Crippen molar-refractivity contribution in [2.75, 3.05) is 0 Å². The molecule has 0 aliphatic carbocycles. The number of fused-ring (bicyclic) bond motifs is 1. The van der Waals surface area contributed by atoms with Gasteiger partial charge in [0.1, 0.15) is 16.5 Å². The summed E-state index contributed by atoms with van der Waals surface area (Å²) < 4.78 is 1.12. The fourth-order valence-corrected chi connectivity index (χ4v) is 4.60. The normalized spacial score (nSPS) is 11.9. The number of amides is 1. The third kappa shape index (κ3) is 4.54. The standard InChI is InChI=1S/C21H23N5OS2/c1-12-10-28-20(23-12)19-18(13-5-6-14-15(9-13)29-11-22-14)24-16(25-19)7-8-17(27)26-21(2,3)4/h5-6,9-11H,7-8H2,1-4H3,(H,24,25)(H,26,27). The van der Waals surface area contributed by atoms with Crippen LogP contribution < -0.4 is 5.32 Å². The summed E-state index contributed by atoms with van der Waals surface area (Å²) in [6.07, 6.45) is 0.927. The van der Waals surface area contributed by atoms with Crippen molar-refractivity contribution >= 4 is 38.8 Å². The molecule has 0 aliphatic rings. The summed E-state index contributed by atoms with van der Waals surface area (Å²) >= 11 is 3.20. The van der Waals surface area contributed by atoms with E-state index in [9.17, 15) is 4.79 Å². The van der Waals surface area contributed by atoms with E-state index in [-0.39, 0.29) is 11.4 Å². The molecule has 4 aromatic rings. The number of rotatable bonds is 5. The molecule has 0 fully saturated rings. The van der Waals surface area contributed by atoms with Gasteiger partial charge < -0.3 is 10.3 Å². The number of imidazole rings is 1. The fourth-order valence-electron chi connectivity index (χ4n) is 3.09. The molecule has 1 amide bonds. The smallest absolute Gasteiger partial charge is 0.220 e. The molecule has 8 heteroatoms. The summed E-state index contributed by atoms with van der Waals surface area (Å²) in [4.78, 5) is 29.5. The fraction of sp³-hybridized carbons (Fsp3) is 0.333. The van der Waals surface area contributed by atoms with Crippen LogP contribution in [0.1, 0.15) is 38.7 Å². The minimum Gasteiger partial charge on any atom is -0.351 e. The van der Waals surface area contributed by atoms with Gasteiger partial charge in [-0.2, -0.15) is 0 Å². The monoisotopic (exact) mass is 425 g/mol. The van der Waals surface area contributed by atoms with Crippen molar-refractivity contribution in [3.63, 3.8) is 0 Å². The summed E-state index contributed by atoms with van der Waals surface area (Å²) in [5.41, 5.74) is 6.36. The Morgan fingerprint density at radius 1 is 1.21 bits per heavy atom. The number of nitrogens with one attached hydrogen (secondary N) is 2. The first kappa shape index (κ1) is 19.7. The molecule has 3 aromatic heterocycles. The van der Waals surface area contributed by atoms with Crippen LogP contribution >= 0.6 is 22.7 Å². The molecule has 0 saturated heterocycles. The lowest BCUT2D eigenvalue weighted by molar-refractivity contribution is -0.122. The Bertz CT molecular complexity index is 1170. The summed E-state index contributed by atoms with van der Waals surface area (Å²) in [6.45, 7) is 7.92. The lowest BCUT2D eigenvalue weighted by atomic mass is 10.1. The maximum absolute atomic E-state index is 12.2. The Balaban J connectivity index is 1.66. The van der Waals surface area contributed by atoms with Gasteiger partial charge in [-0.15, -0.1) is 22.7 Å². The number of aromatic amines is 1. The van der Waals surface area contributed by atoms with E-state index in [2.05, 4.69) is 26.3 Å². The van der Waals surface area contributed by atoms with Crippen LogP contribution in [0.25, 0.3) is 32.2 Å². The van der Waals surface area contributed by atoms with Crippen LogP contribution in [-0.2, 0) is 11.2 Å². The van der Waals surface area contributed by atoms with E-state index in [0.717, 1.165) is 43.7 Å². The van der Waals surface area contributed by atoms with Crippen molar-refractivity contribution in [2.24, 2.45) is 0 Å². The van der Waals surface area contributed by atoms with Gasteiger partial charge in [0.2, 0.25) is 5.91 Å². The first-order chi connectivity index (χ1) is 13.8. The van der Waals surface area contributed by atoms with Gasteiger partial charge in [-0.1, -0.05) is 6.07 Å². The molecule has 2 N–H and O–H groups in total. The number of thiazole rings is 2. The van der Waals surface area contributed by atoms with Crippen LogP contribution in [0.5, 0.6) is 0 Å². The van der Waals surface area contributed by atoms with Crippen molar-refractivity contribution in [3.05, 3.63) is 40.6 Å². The highest BCUT2D eigenvalue weighted by Crippen LogP contribution is 2.34. The molecule has 0 radical (unpaired) electrons. The number of aryl methyl sites for hydroxylation is 2. The minimum atomic E-state index is -0.237. The number of carbonyl (C=O) groups is 1. The number of hydrogen-bond donors (Lipinski definition) is 2. The number of hydrogen-bond acceptors (Lipinski definition) is 6. The quantitative estimate of drug-likeness (QED) is 0.473. The van der Waals surface area contributed by atoms with Crippen LogP contribution in [0, 0.1) is 6.92 Å². The molecule has 150 valence electrons. The Labute approximate surface area is 177 Å². The average Bonchev–Trinajstić information content (AvgIpc) is 3.36. The van der Waals surface area contributed by atoms with Gasteiger partial charge in [-0.05, 0) is 39.8 Å². The zero-order valence-corrected chi connectivity index (χ0v) is 18.5. The van der Waals surface area contributed by atoms with Crippen molar-refractivity contribution in [3.8, 4) is 22.0 Å². The van der Waals surface area contributed by atoms with Crippen LogP contribution in [0.2, 0.25) is 0 Å². The highest BCUT2D eigenvalue weighted by atomic mass is 32.1. The first-order valence-corrected chi connectivity index (χ1v) is 11.2. The summed E-state index contributed by atoms with van der Waals surface area (Å²) in [7, 11) is 0. The van der Waals surface area contributed by atoms with Crippen LogP contribution in [0.15, 0.2) is 29.1 Å². The molecule has 29 heavy (non-hydrogen) atoms. The molecule has 0 unspecified atom stereocenters. The molecule has 0 saturated carbocycles. The third-order valence-corrected chi connectivity index (χ3v) is 6.06. The van der Waals surface area contributed by atoms with E-state index in [1.807, 2.05) is 50.7 Å². The Morgan fingerprint density at radius 3 is 2.76 bits per heavy atom. The van der Waals surface area contributed by atoms with Crippen LogP contribution in [-0.4, -0.2) is 31.4 Å². The van der Waals surface area contributed by atoms with E-state index in [4.69, 9.17) is 4.98 Å². The van der Waals surface area contributed by atoms with Crippen LogP contribution in [0.4, 0.5) is 0 Å². The zero-order chi connectivity index (χ0) is 20.6. The van der Waals surface area contributed by atoms with Gasteiger partial charge in [0.05, 0.1) is 21.4 Å². The highest BCUT2D eigenvalue weighted by Gasteiger charge is 2.19. The number of H-pyrrole nitrogens is 1. The van der Waals surface area contributed by atoms with Crippen molar-refractivity contribution in [2.45, 2.75) is 46.1 Å². The van der Waals surface area contributed by atoms with Crippen molar-refractivity contribution in [1.29, 1.82) is 0 Å². The molecule has 0 aliphatic heterocycles. The molecule has 6 nitrogen and oxygen atoms in total. The first-order valence-electron chi connectivity index (χ1n) is 9.44. The summed E-state index contributed by atoms with van der Waals surface area (Å²) in [5.74, 6) is 0.810. The Hall–Kier alpha value is -2.58. The van der Waals surface area contributed by atoms with Crippen LogP contribution in [0.3, 0.4) is 0 Å². The molecule has 3 heterocycles. The molecule has 4 rings (SSSR count). The predicted octanol–water partition coefficient (Wildman–Crippen LogP) is 4.97. The van der Waals surface area contributed by atoms with Crippen molar-refractivity contribution in [1.82, 2.24) is 25.3 Å². The summed E-state index contributed by atoms with van der Waals surface area (Å²) in [5, 5.41) is 5.93. The molecule has 1 aromatic carbocycles. The molecule has 0 atom stereocenters. The van der Waals surface area contributed by atoms with E-state index < -0.39 is 0 Å². The SMILES string of the molecule is Cc1csc(-c2[nH]c(CCC(=O)NC(C)(C)C)nc2-c2ccc3ncsc3c2)n1. The van der Waals surface area contributed by atoms with Crippen molar-refractivity contribution < 1.29 is 4.79 Å². The molecular weight excluding hydrogens is 402 g/mol. The average molecular weight is 426 g/mol. The third-order valence-electron chi connectivity index (χ3n) is 4.29. The van der Waals surface area contributed by atoms with Gasteiger partial charge in [0, 0.05) is 35.0 Å². The highest BCUT2D eigenvalue weighted by molar-refractivity contribution is 7.16. The molecular formula is C21H23N5OS2. The molecule has 0 spiro atoms. The van der Waals surface area contributed by atoms with E-state index in [1.54, 1.807) is 22.7 Å². The Morgan fingerprint density at radius 2 is 2.03 bits per heavy atom. The topological polar surface area (TPSA) is 83.6 Å². The summed E-state index contributed by atoms with van der Waals surface area (Å²) in [6, 6.07) is 6.17. The zero-order valence-electron chi connectivity index (χ0n) is 16.9. The largest absolute Gasteiger partial charge is 0.351 e. The number of benzene rings is 1. The number of carbonyl (C=O) groups excluding carboxylic acids is 1. The predicted molar refractivity (Wildman–Crippen MR) is 119 cm³/mol. The van der Waals surface area contributed by atoms with Gasteiger partial charge >= 0.3 is 0 Å². The van der Waals surface area contributed by atoms with Gasteiger partial charge in [-0.3, -0.25) is 4.79 Å². The second-order valence-electron chi connectivity index (χ2n) is 8.03. The van der Waals surface area contributed by atoms with Gasteiger partial charge in [0.25, 0.3) is 0 Å². The maximum Gasteiger partial charge on any atom is 0.220 e. The lowest BCUT2D eigenvalue weighted by Crippen LogP contribution is -2.40. The Kier molecular flexibility index (Phi) is 5.23. The van der Waals surface area contributed by atoms with E-state index in [0.29, 0.717) is 12.8 Å². The van der Waals surface area contributed by atoms with E-state index in [1.165, 1.54) is 0 Å². The van der Waals surface area contributed by atoms with Gasteiger partial charge in [0.15, 0.2) is 0 Å².